The molecule has 0 unspecified atom stereocenters. The summed E-state index contributed by atoms with van der Waals surface area (Å²) in [5, 5.41) is 13.4. The van der Waals surface area contributed by atoms with Crippen LogP contribution in [0, 0.1) is 10.1 Å². The molecule has 0 atom stereocenters. The number of allylic oxidation sites excluding steroid dienone is 1. The maximum atomic E-state index is 12.2. The number of nitrogens with one attached hydrogen (secondary N) is 1. The summed E-state index contributed by atoms with van der Waals surface area (Å²) in [6.07, 6.45) is 2.19. The molecule has 7 heteroatoms. The summed E-state index contributed by atoms with van der Waals surface area (Å²) in [5.41, 5.74) is 1.87. The number of benzene rings is 1. The summed E-state index contributed by atoms with van der Waals surface area (Å²) >= 11 is 0. The van der Waals surface area contributed by atoms with Gasteiger partial charge >= 0.3 is 6.03 Å². The largest absolute Gasteiger partial charge is 0.322 e. The highest BCUT2D eigenvalue weighted by Crippen LogP contribution is 2.16. The van der Waals surface area contributed by atoms with Crippen LogP contribution >= 0.6 is 0 Å². The number of nitro benzene ring substituents is 1. The molecule has 0 aromatic heterocycles. The molecule has 7 nitrogen and oxygen atoms in total. The highest BCUT2D eigenvalue weighted by atomic mass is 16.6. The summed E-state index contributed by atoms with van der Waals surface area (Å²) < 4.78 is 0. The van der Waals surface area contributed by atoms with Gasteiger partial charge in [0.15, 0.2) is 0 Å². The molecule has 1 fully saturated rings. The second-order valence-electron chi connectivity index (χ2n) is 5.80. The molecule has 2 amide bonds. The average Bonchev–Trinajstić information content (AvgIpc) is 2.54. The van der Waals surface area contributed by atoms with E-state index in [0.717, 1.165) is 19.6 Å². The lowest BCUT2D eigenvalue weighted by Crippen LogP contribution is -2.49. The number of nitro groups is 1. The molecule has 0 spiro atoms. The topological polar surface area (TPSA) is 78.7 Å². The van der Waals surface area contributed by atoms with E-state index in [2.05, 4.69) is 30.1 Å². The molecule has 124 valence electrons. The molecule has 1 aromatic rings. The maximum Gasteiger partial charge on any atom is 0.321 e. The van der Waals surface area contributed by atoms with Crippen molar-refractivity contribution in [1.29, 1.82) is 0 Å². The van der Waals surface area contributed by atoms with Gasteiger partial charge in [0, 0.05) is 50.5 Å². The third kappa shape index (κ3) is 5.07. The third-order valence-electron chi connectivity index (χ3n) is 3.75. The maximum absolute atomic E-state index is 12.2. The van der Waals surface area contributed by atoms with E-state index in [1.807, 2.05) is 0 Å². The number of hydrogen-bond acceptors (Lipinski definition) is 4. The van der Waals surface area contributed by atoms with Crippen molar-refractivity contribution in [3.05, 3.63) is 46.0 Å². The van der Waals surface area contributed by atoms with Gasteiger partial charge in [-0.15, -0.1) is 0 Å². The fraction of sp³-hybridized carbons (Fsp3) is 0.438. The first kappa shape index (κ1) is 17.0. The number of carbonyl (C=O) groups is 1. The van der Waals surface area contributed by atoms with Crippen molar-refractivity contribution >= 4 is 17.4 Å². The van der Waals surface area contributed by atoms with Crippen molar-refractivity contribution in [2.75, 3.05) is 38.0 Å². The Morgan fingerprint density at radius 2 is 1.83 bits per heavy atom. The lowest BCUT2D eigenvalue weighted by Gasteiger charge is -2.34. The van der Waals surface area contributed by atoms with Gasteiger partial charge in [0.2, 0.25) is 0 Å². The first-order valence-electron chi connectivity index (χ1n) is 7.62. The third-order valence-corrected chi connectivity index (χ3v) is 3.75. The van der Waals surface area contributed by atoms with E-state index >= 15 is 0 Å². The van der Waals surface area contributed by atoms with Gasteiger partial charge < -0.3 is 10.2 Å². The SMILES string of the molecule is CC(C)=CCN1CCN(C(=O)Nc2ccc([N+](=O)[O-])cc2)CC1. The van der Waals surface area contributed by atoms with Crippen LogP contribution in [0.1, 0.15) is 13.8 Å². The number of hydrogen-bond donors (Lipinski definition) is 1. The van der Waals surface area contributed by atoms with E-state index in [9.17, 15) is 14.9 Å². The molecule has 1 aliphatic rings. The van der Waals surface area contributed by atoms with E-state index in [-0.39, 0.29) is 11.7 Å². The van der Waals surface area contributed by atoms with Gasteiger partial charge in [-0.2, -0.15) is 0 Å². The Balaban J connectivity index is 1.83. The minimum Gasteiger partial charge on any atom is -0.322 e. The fourth-order valence-electron chi connectivity index (χ4n) is 2.31. The molecule has 1 saturated heterocycles. The number of anilines is 1. The van der Waals surface area contributed by atoms with Gasteiger partial charge in [0.25, 0.3) is 5.69 Å². The van der Waals surface area contributed by atoms with Crippen LogP contribution in [0.3, 0.4) is 0 Å². The van der Waals surface area contributed by atoms with Crippen LogP contribution < -0.4 is 5.32 Å². The zero-order chi connectivity index (χ0) is 16.8. The summed E-state index contributed by atoms with van der Waals surface area (Å²) in [5.74, 6) is 0. The molecular formula is C16H22N4O3. The summed E-state index contributed by atoms with van der Waals surface area (Å²) in [7, 11) is 0. The van der Waals surface area contributed by atoms with Crippen molar-refractivity contribution < 1.29 is 9.72 Å². The first-order valence-corrected chi connectivity index (χ1v) is 7.62. The van der Waals surface area contributed by atoms with Crippen LogP contribution in [0.4, 0.5) is 16.2 Å². The molecule has 1 heterocycles. The molecular weight excluding hydrogens is 296 g/mol. The van der Waals surface area contributed by atoms with Crippen LogP contribution in [0.2, 0.25) is 0 Å². The van der Waals surface area contributed by atoms with Crippen LogP contribution in [0.25, 0.3) is 0 Å². The van der Waals surface area contributed by atoms with Gasteiger partial charge in [0.1, 0.15) is 0 Å². The van der Waals surface area contributed by atoms with Crippen LogP contribution in [-0.4, -0.2) is 53.5 Å². The lowest BCUT2D eigenvalue weighted by molar-refractivity contribution is -0.384. The summed E-state index contributed by atoms with van der Waals surface area (Å²) in [6, 6.07) is 5.68. The molecule has 0 aliphatic carbocycles. The van der Waals surface area contributed by atoms with E-state index < -0.39 is 4.92 Å². The Morgan fingerprint density at radius 1 is 1.22 bits per heavy atom. The summed E-state index contributed by atoms with van der Waals surface area (Å²) in [4.78, 5) is 26.4. The molecule has 2 rings (SSSR count). The van der Waals surface area contributed by atoms with Gasteiger partial charge in [-0.1, -0.05) is 11.6 Å². The molecule has 1 aromatic carbocycles. The second kappa shape index (κ2) is 7.73. The van der Waals surface area contributed by atoms with E-state index in [0.29, 0.717) is 18.8 Å². The van der Waals surface area contributed by atoms with Crippen molar-refractivity contribution in [3.63, 3.8) is 0 Å². The van der Waals surface area contributed by atoms with E-state index in [4.69, 9.17) is 0 Å². The number of nitrogens with zero attached hydrogens (tertiary/aromatic N) is 3. The smallest absolute Gasteiger partial charge is 0.321 e. The number of amides is 2. The zero-order valence-electron chi connectivity index (χ0n) is 13.5. The Bertz CT molecular complexity index is 586. The van der Waals surface area contributed by atoms with Crippen LogP contribution in [0.5, 0.6) is 0 Å². The second-order valence-corrected chi connectivity index (χ2v) is 5.80. The number of urea groups is 1. The molecule has 0 bridgehead atoms. The van der Waals surface area contributed by atoms with Crippen LogP contribution in [-0.2, 0) is 0 Å². The highest BCUT2D eigenvalue weighted by molar-refractivity contribution is 5.89. The van der Waals surface area contributed by atoms with E-state index in [1.165, 1.54) is 17.7 Å². The average molecular weight is 318 g/mol. The predicted molar refractivity (Wildman–Crippen MR) is 89.6 cm³/mol. The molecule has 0 radical (unpaired) electrons. The predicted octanol–water partition coefficient (Wildman–Crippen LogP) is 2.71. The zero-order valence-corrected chi connectivity index (χ0v) is 13.5. The quantitative estimate of drug-likeness (QED) is 0.526. The standard InChI is InChI=1S/C16H22N4O3/c1-13(2)7-8-18-9-11-19(12-10-18)16(21)17-14-3-5-15(6-4-14)20(22)23/h3-7H,8-12H2,1-2H3,(H,17,21). The Morgan fingerprint density at radius 3 is 2.35 bits per heavy atom. The molecule has 1 aliphatic heterocycles. The van der Waals surface area contributed by atoms with Gasteiger partial charge in [-0.25, -0.2) is 4.79 Å². The Labute approximate surface area is 135 Å². The van der Waals surface area contributed by atoms with Gasteiger partial charge in [-0.05, 0) is 26.0 Å². The first-order chi connectivity index (χ1) is 11.0. The minimum absolute atomic E-state index is 0.0101. The van der Waals surface area contributed by atoms with Crippen molar-refractivity contribution in [2.45, 2.75) is 13.8 Å². The van der Waals surface area contributed by atoms with Crippen molar-refractivity contribution in [2.24, 2.45) is 0 Å². The highest BCUT2D eigenvalue weighted by Gasteiger charge is 2.20. The molecule has 1 N–H and O–H groups in total. The molecule has 23 heavy (non-hydrogen) atoms. The normalized spacial score (nSPS) is 15.1. The van der Waals surface area contributed by atoms with Crippen molar-refractivity contribution in [1.82, 2.24) is 9.80 Å². The fourth-order valence-corrected chi connectivity index (χ4v) is 2.31. The van der Waals surface area contributed by atoms with Crippen molar-refractivity contribution in [3.8, 4) is 0 Å². The Hall–Kier alpha value is -2.41. The van der Waals surface area contributed by atoms with Gasteiger partial charge in [-0.3, -0.25) is 15.0 Å². The van der Waals surface area contributed by atoms with Gasteiger partial charge in [0.05, 0.1) is 4.92 Å². The number of piperazine rings is 1. The lowest BCUT2D eigenvalue weighted by atomic mass is 10.2. The summed E-state index contributed by atoms with van der Waals surface area (Å²) in [6.45, 7) is 8.11. The monoisotopic (exact) mass is 318 g/mol. The van der Waals surface area contributed by atoms with E-state index in [1.54, 1.807) is 17.0 Å². The van der Waals surface area contributed by atoms with Crippen LogP contribution in [0.15, 0.2) is 35.9 Å². The molecule has 0 saturated carbocycles. The number of non-ortho nitro benzene ring substituents is 1. The number of rotatable bonds is 4. The number of carbonyl (C=O) groups excluding carboxylic acids is 1. The Kier molecular flexibility index (Phi) is 5.70. The minimum atomic E-state index is -0.461.